The summed E-state index contributed by atoms with van der Waals surface area (Å²) in [5.74, 6) is 0.283. The van der Waals surface area contributed by atoms with Gasteiger partial charge in [-0.2, -0.15) is 0 Å². The van der Waals surface area contributed by atoms with Gasteiger partial charge in [-0.15, -0.1) is 11.3 Å². The third-order valence-corrected chi connectivity index (χ3v) is 3.79. The average molecular weight is 255 g/mol. The van der Waals surface area contributed by atoms with Crippen LogP contribution in [0.4, 0.5) is 0 Å². The molecule has 17 heavy (non-hydrogen) atoms. The van der Waals surface area contributed by atoms with Crippen molar-refractivity contribution in [1.82, 2.24) is 5.32 Å². The summed E-state index contributed by atoms with van der Waals surface area (Å²) in [5.41, 5.74) is 5.55. The van der Waals surface area contributed by atoms with Crippen LogP contribution in [-0.2, 0) is 0 Å². The largest absolute Gasteiger partial charge is 0.409 e. The lowest BCUT2D eigenvalue weighted by Gasteiger charge is -2.23. The van der Waals surface area contributed by atoms with Crippen molar-refractivity contribution in [1.29, 1.82) is 0 Å². The van der Waals surface area contributed by atoms with E-state index in [1.54, 1.807) is 11.3 Å². The van der Waals surface area contributed by atoms with E-state index in [2.05, 4.69) is 41.8 Å². The molecule has 0 aliphatic heterocycles. The number of amidine groups is 1. The SMILES string of the molecule is CCC(CC(N)=NO)NC(CC)c1cccs1. The van der Waals surface area contributed by atoms with E-state index < -0.39 is 0 Å². The molecule has 2 atom stereocenters. The Bertz CT molecular complexity index is 338. The van der Waals surface area contributed by atoms with E-state index in [1.165, 1.54) is 4.88 Å². The van der Waals surface area contributed by atoms with Crippen molar-refractivity contribution in [2.24, 2.45) is 10.9 Å². The summed E-state index contributed by atoms with van der Waals surface area (Å²) in [6.07, 6.45) is 2.57. The monoisotopic (exact) mass is 255 g/mol. The Balaban J connectivity index is 2.59. The number of nitrogens with one attached hydrogen (secondary N) is 1. The first-order valence-electron chi connectivity index (χ1n) is 5.97. The minimum Gasteiger partial charge on any atom is -0.409 e. The third-order valence-electron chi connectivity index (χ3n) is 2.81. The van der Waals surface area contributed by atoms with Crippen LogP contribution in [-0.4, -0.2) is 17.1 Å². The molecule has 4 nitrogen and oxygen atoms in total. The number of nitrogens with two attached hydrogens (primary N) is 1. The molecule has 2 unspecified atom stereocenters. The Morgan fingerprint density at radius 2 is 2.29 bits per heavy atom. The zero-order chi connectivity index (χ0) is 12.7. The summed E-state index contributed by atoms with van der Waals surface area (Å²) in [6.45, 7) is 4.26. The van der Waals surface area contributed by atoms with Gasteiger partial charge in [-0.1, -0.05) is 25.1 Å². The molecule has 0 aliphatic carbocycles. The Hall–Kier alpha value is -1.07. The molecule has 96 valence electrons. The fraction of sp³-hybridized carbons (Fsp3) is 0.583. The zero-order valence-corrected chi connectivity index (χ0v) is 11.2. The van der Waals surface area contributed by atoms with Gasteiger partial charge < -0.3 is 16.3 Å². The molecule has 0 fully saturated rings. The lowest BCUT2D eigenvalue weighted by molar-refractivity contribution is 0.314. The normalized spacial score (nSPS) is 15.8. The number of thiophene rings is 1. The van der Waals surface area contributed by atoms with Crippen LogP contribution in [0.5, 0.6) is 0 Å². The van der Waals surface area contributed by atoms with Gasteiger partial charge in [0.25, 0.3) is 0 Å². The van der Waals surface area contributed by atoms with Crippen LogP contribution in [0.1, 0.15) is 44.0 Å². The van der Waals surface area contributed by atoms with Crippen LogP contribution in [0, 0.1) is 0 Å². The summed E-state index contributed by atoms with van der Waals surface area (Å²) in [6, 6.07) is 4.81. The van der Waals surface area contributed by atoms with Gasteiger partial charge in [-0.25, -0.2) is 0 Å². The number of hydrogen-bond donors (Lipinski definition) is 3. The van der Waals surface area contributed by atoms with Crippen molar-refractivity contribution < 1.29 is 5.21 Å². The van der Waals surface area contributed by atoms with Crippen LogP contribution in [0.3, 0.4) is 0 Å². The highest BCUT2D eigenvalue weighted by molar-refractivity contribution is 7.10. The van der Waals surface area contributed by atoms with E-state index in [9.17, 15) is 0 Å². The van der Waals surface area contributed by atoms with Crippen molar-refractivity contribution in [3.05, 3.63) is 22.4 Å². The quantitative estimate of drug-likeness (QED) is 0.304. The second kappa shape index (κ2) is 7.29. The minimum absolute atomic E-state index is 0.248. The second-order valence-electron chi connectivity index (χ2n) is 4.04. The first-order chi connectivity index (χ1) is 8.21. The summed E-state index contributed by atoms with van der Waals surface area (Å²) >= 11 is 1.76. The van der Waals surface area contributed by atoms with E-state index >= 15 is 0 Å². The minimum atomic E-state index is 0.248. The van der Waals surface area contributed by atoms with Crippen LogP contribution in [0.15, 0.2) is 22.7 Å². The molecule has 1 heterocycles. The maximum absolute atomic E-state index is 8.59. The fourth-order valence-electron chi connectivity index (χ4n) is 1.79. The first kappa shape index (κ1) is 14.0. The molecule has 0 bridgehead atoms. The predicted molar refractivity (Wildman–Crippen MR) is 72.6 cm³/mol. The van der Waals surface area contributed by atoms with Gasteiger partial charge in [-0.3, -0.25) is 0 Å². The maximum Gasteiger partial charge on any atom is 0.140 e. The smallest absolute Gasteiger partial charge is 0.140 e. The topological polar surface area (TPSA) is 70.6 Å². The highest BCUT2D eigenvalue weighted by Gasteiger charge is 2.16. The molecule has 0 aliphatic rings. The van der Waals surface area contributed by atoms with Crippen molar-refractivity contribution in [3.63, 3.8) is 0 Å². The van der Waals surface area contributed by atoms with E-state index in [0.717, 1.165) is 12.8 Å². The lowest BCUT2D eigenvalue weighted by atomic mass is 10.1. The molecule has 0 saturated heterocycles. The van der Waals surface area contributed by atoms with Crippen molar-refractivity contribution in [3.8, 4) is 0 Å². The molecular formula is C12H21N3OS. The van der Waals surface area contributed by atoms with Gasteiger partial charge in [0.1, 0.15) is 5.84 Å². The molecule has 0 aromatic carbocycles. The molecule has 1 aromatic heterocycles. The van der Waals surface area contributed by atoms with Gasteiger partial charge in [0, 0.05) is 23.4 Å². The lowest BCUT2D eigenvalue weighted by Crippen LogP contribution is -2.35. The van der Waals surface area contributed by atoms with E-state index in [0.29, 0.717) is 12.5 Å². The summed E-state index contributed by atoms with van der Waals surface area (Å²) in [5, 5.41) is 17.3. The molecule has 0 spiro atoms. The summed E-state index contributed by atoms with van der Waals surface area (Å²) in [4.78, 5) is 1.34. The van der Waals surface area contributed by atoms with E-state index in [1.807, 2.05) is 0 Å². The van der Waals surface area contributed by atoms with E-state index in [4.69, 9.17) is 10.9 Å². The molecule has 1 rings (SSSR count). The number of oxime groups is 1. The second-order valence-corrected chi connectivity index (χ2v) is 5.02. The van der Waals surface area contributed by atoms with Gasteiger partial charge in [0.05, 0.1) is 0 Å². The molecule has 4 N–H and O–H groups in total. The summed E-state index contributed by atoms with van der Waals surface area (Å²) in [7, 11) is 0. The highest BCUT2D eigenvalue weighted by atomic mass is 32.1. The zero-order valence-electron chi connectivity index (χ0n) is 10.4. The highest BCUT2D eigenvalue weighted by Crippen LogP contribution is 2.22. The van der Waals surface area contributed by atoms with Crippen molar-refractivity contribution in [2.75, 3.05) is 0 Å². The van der Waals surface area contributed by atoms with Crippen LogP contribution < -0.4 is 11.1 Å². The summed E-state index contributed by atoms with van der Waals surface area (Å²) < 4.78 is 0. The molecule has 0 amide bonds. The van der Waals surface area contributed by atoms with Gasteiger partial charge >= 0.3 is 0 Å². The number of rotatable bonds is 7. The Morgan fingerprint density at radius 1 is 1.53 bits per heavy atom. The maximum atomic E-state index is 8.59. The Kier molecular flexibility index (Phi) is 6.00. The van der Waals surface area contributed by atoms with Gasteiger partial charge in [0.15, 0.2) is 0 Å². The fourth-order valence-corrected chi connectivity index (χ4v) is 2.66. The first-order valence-corrected chi connectivity index (χ1v) is 6.85. The Labute approximate surface area is 107 Å². The number of hydrogen-bond acceptors (Lipinski definition) is 4. The molecular weight excluding hydrogens is 234 g/mol. The average Bonchev–Trinajstić information content (AvgIpc) is 2.87. The molecule has 5 heteroatoms. The van der Waals surface area contributed by atoms with Crippen LogP contribution >= 0.6 is 11.3 Å². The van der Waals surface area contributed by atoms with E-state index in [-0.39, 0.29) is 11.9 Å². The van der Waals surface area contributed by atoms with Crippen molar-refractivity contribution in [2.45, 2.75) is 45.2 Å². The van der Waals surface area contributed by atoms with Crippen molar-refractivity contribution >= 4 is 17.2 Å². The molecule has 1 aromatic rings. The van der Waals surface area contributed by atoms with Crippen LogP contribution in [0.2, 0.25) is 0 Å². The Morgan fingerprint density at radius 3 is 2.76 bits per heavy atom. The third kappa shape index (κ3) is 4.36. The standard InChI is InChI=1S/C12H21N3OS/c1-3-9(8-12(13)15-16)14-10(4-2)11-6-5-7-17-11/h5-7,9-10,14,16H,3-4,8H2,1-2H3,(H2,13,15). The molecule has 0 saturated carbocycles. The molecule has 0 radical (unpaired) electrons. The van der Waals surface area contributed by atoms with Gasteiger partial charge in [-0.05, 0) is 24.3 Å². The number of nitrogens with zero attached hydrogens (tertiary/aromatic N) is 1. The van der Waals surface area contributed by atoms with Gasteiger partial charge in [0.2, 0.25) is 0 Å². The predicted octanol–water partition coefficient (Wildman–Crippen LogP) is 2.70. The van der Waals surface area contributed by atoms with Crippen LogP contribution in [0.25, 0.3) is 0 Å².